The lowest BCUT2D eigenvalue weighted by atomic mass is 10.3. The first-order valence-corrected chi connectivity index (χ1v) is 6.30. The van der Waals surface area contributed by atoms with Crippen molar-refractivity contribution in [2.24, 2.45) is 0 Å². The van der Waals surface area contributed by atoms with Crippen molar-refractivity contribution in [3.8, 4) is 0 Å². The van der Waals surface area contributed by atoms with E-state index >= 15 is 0 Å². The van der Waals surface area contributed by atoms with E-state index in [1.54, 1.807) is 7.05 Å². The Morgan fingerprint density at radius 1 is 1.47 bits per heavy atom. The van der Waals surface area contributed by atoms with Crippen LogP contribution in [0.4, 0.5) is 0 Å². The molecule has 0 radical (unpaired) electrons. The number of rotatable bonds is 9. The molecule has 0 saturated carbocycles. The summed E-state index contributed by atoms with van der Waals surface area (Å²) in [5.74, 6) is 0. The fourth-order valence-electron chi connectivity index (χ4n) is 0.754. The van der Waals surface area contributed by atoms with E-state index in [0.29, 0.717) is 6.61 Å². The van der Waals surface area contributed by atoms with Crippen LogP contribution in [0.15, 0.2) is 0 Å². The highest BCUT2D eigenvalue weighted by molar-refractivity contribution is 7.48. The van der Waals surface area contributed by atoms with Gasteiger partial charge in [-0.05, 0) is 13.5 Å². The van der Waals surface area contributed by atoms with E-state index in [-0.39, 0.29) is 19.3 Å². The van der Waals surface area contributed by atoms with E-state index < -0.39 is 7.82 Å². The van der Waals surface area contributed by atoms with E-state index in [0.717, 1.165) is 6.42 Å². The summed E-state index contributed by atoms with van der Waals surface area (Å²) >= 11 is 0. The minimum Gasteiger partial charge on any atom is -0.395 e. The molecule has 2 atom stereocenters. The third-order valence-corrected chi connectivity index (χ3v) is 3.15. The molecule has 0 aromatic rings. The average molecular weight is 241 g/mol. The van der Waals surface area contributed by atoms with Gasteiger partial charge in [-0.2, -0.15) is 0 Å². The quantitative estimate of drug-likeness (QED) is 0.580. The highest BCUT2D eigenvalue weighted by atomic mass is 31.2. The van der Waals surface area contributed by atoms with Gasteiger partial charge in [0.25, 0.3) is 0 Å². The molecule has 0 heterocycles. The van der Waals surface area contributed by atoms with Gasteiger partial charge in [-0.15, -0.1) is 0 Å². The highest BCUT2D eigenvalue weighted by Gasteiger charge is 2.25. The molecule has 0 spiro atoms. The van der Waals surface area contributed by atoms with Crippen LogP contribution in [0, 0.1) is 0 Å². The molecular weight excluding hydrogens is 221 g/mol. The number of likely N-dealkylation sites (N-methyl/N-ethyl adjacent to an activating group) is 1. The van der Waals surface area contributed by atoms with Crippen molar-refractivity contribution in [2.75, 3.05) is 34.0 Å². The van der Waals surface area contributed by atoms with Gasteiger partial charge in [0, 0.05) is 7.11 Å². The molecule has 0 aliphatic rings. The fraction of sp³-hybridized carbons (Fsp3) is 1.00. The first kappa shape index (κ1) is 15.0. The Bertz CT molecular complexity index is 197. The van der Waals surface area contributed by atoms with Crippen molar-refractivity contribution in [3.63, 3.8) is 0 Å². The summed E-state index contributed by atoms with van der Waals surface area (Å²) in [5, 5.41) is 11.7. The van der Waals surface area contributed by atoms with E-state index in [1.165, 1.54) is 7.11 Å². The maximum atomic E-state index is 11.7. The molecule has 0 aliphatic heterocycles. The smallest absolute Gasteiger partial charge is 0.395 e. The molecule has 0 bridgehead atoms. The molecule has 0 fully saturated rings. The molecule has 15 heavy (non-hydrogen) atoms. The summed E-state index contributed by atoms with van der Waals surface area (Å²) in [6.07, 6.45) is 0.728. The lowest BCUT2D eigenvalue weighted by molar-refractivity contribution is 0.109. The predicted octanol–water partition coefficient (Wildman–Crippen LogP) is 0.764. The average Bonchev–Trinajstić information content (AvgIpc) is 2.28. The molecule has 92 valence electrons. The van der Waals surface area contributed by atoms with Gasteiger partial charge in [-0.25, -0.2) is 4.57 Å². The molecule has 0 aliphatic carbocycles. The minimum atomic E-state index is -3.45. The van der Waals surface area contributed by atoms with Crippen LogP contribution in [0.5, 0.6) is 0 Å². The van der Waals surface area contributed by atoms with Crippen molar-refractivity contribution >= 4 is 7.82 Å². The highest BCUT2D eigenvalue weighted by Crippen LogP contribution is 2.48. The van der Waals surface area contributed by atoms with E-state index in [4.69, 9.17) is 14.2 Å². The number of phosphoric acid groups is 1. The van der Waals surface area contributed by atoms with Gasteiger partial charge in [0.2, 0.25) is 0 Å². The normalized spacial score (nSPS) is 17.3. The Labute approximate surface area is 90.5 Å². The van der Waals surface area contributed by atoms with E-state index in [2.05, 4.69) is 9.84 Å². The zero-order chi connectivity index (χ0) is 11.7. The Morgan fingerprint density at radius 3 is 2.53 bits per heavy atom. The molecule has 0 saturated heterocycles. The van der Waals surface area contributed by atoms with Crippen molar-refractivity contribution in [1.29, 1.82) is 0 Å². The van der Waals surface area contributed by atoms with Crippen LogP contribution < -0.4 is 5.32 Å². The fourth-order valence-corrected chi connectivity index (χ4v) is 1.81. The SMILES string of the molecule is CCCOP(=O)(OC)OCC(CO)NC. The maximum absolute atomic E-state index is 11.7. The van der Waals surface area contributed by atoms with Gasteiger partial charge in [0.1, 0.15) is 0 Å². The van der Waals surface area contributed by atoms with Crippen molar-refractivity contribution < 1.29 is 23.2 Å². The molecule has 0 rings (SSSR count). The Hall–Kier alpha value is 0.0300. The summed E-state index contributed by atoms with van der Waals surface area (Å²) in [5.41, 5.74) is 0. The molecular formula is C8H20NO5P. The van der Waals surface area contributed by atoms with Gasteiger partial charge in [0.15, 0.2) is 0 Å². The monoisotopic (exact) mass is 241 g/mol. The standard InChI is InChI=1S/C8H20NO5P/c1-4-5-13-15(11,12-3)14-7-8(6-10)9-2/h8-10H,4-7H2,1-3H3. The Kier molecular flexibility index (Phi) is 8.23. The Balaban J connectivity index is 4.01. The molecule has 7 heteroatoms. The molecule has 0 amide bonds. The second-order valence-corrected chi connectivity index (χ2v) is 4.70. The zero-order valence-corrected chi connectivity index (χ0v) is 10.3. The van der Waals surface area contributed by atoms with Crippen LogP contribution in [-0.2, 0) is 18.1 Å². The minimum absolute atomic E-state index is 0.0713. The lowest BCUT2D eigenvalue weighted by Gasteiger charge is -2.18. The largest absolute Gasteiger partial charge is 0.474 e. The third kappa shape index (κ3) is 6.25. The summed E-state index contributed by atoms with van der Waals surface area (Å²) in [4.78, 5) is 0. The number of nitrogens with one attached hydrogen (secondary N) is 1. The van der Waals surface area contributed by atoms with Gasteiger partial charge in [-0.1, -0.05) is 6.92 Å². The number of aliphatic hydroxyl groups excluding tert-OH is 1. The predicted molar refractivity (Wildman–Crippen MR) is 56.7 cm³/mol. The number of aliphatic hydroxyl groups is 1. The summed E-state index contributed by atoms with van der Waals surface area (Å²) in [6.45, 7) is 2.18. The number of phosphoric ester groups is 1. The topological polar surface area (TPSA) is 77.0 Å². The summed E-state index contributed by atoms with van der Waals surface area (Å²) in [6, 6.07) is -0.279. The molecule has 6 nitrogen and oxygen atoms in total. The van der Waals surface area contributed by atoms with Crippen LogP contribution in [0.3, 0.4) is 0 Å². The van der Waals surface area contributed by atoms with Crippen LogP contribution in [0.1, 0.15) is 13.3 Å². The van der Waals surface area contributed by atoms with Crippen LogP contribution in [-0.4, -0.2) is 45.1 Å². The second kappa shape index (κ2) is 8.21. The zero-order valence-electron chi connectivity index (χ0n) is 9.43. The second-order valence-electron chi connectivity index (χ2n) is 2.93. The molecule has 2 unspecified atom stereocenters. The van der Waals surface area contributed by atoms with Gasteiger partial charge >= 0.3 is 7.82 Å². The molecule has 2 N–H and O–H groups in total. The first-order chi connectivity index (χ1) is 7.11. The third-order valence-electron chi connectivity index (χ3n) is 1.74. The molecule has 0 aromatic heterocycles. The molecule has 0 aromatic carbocycles. The maximum Gasteiger partial charge on any atom is 0.474 e. The van der Waals surface area contributed by atoms with Gasteiger partial charge in [0.05, 0.1) is 25.9 Å². The first-order valence-electron chi connectivity index (χ1n) is 4.84. The van der Waals surface area contributed by atoms with E-state index in [9.17, 15) is 4.57 Å². The van der Waals surface area contributed by atoms with Gasteiger partial charge < -0.3 is 10.4 Å². The van der Waals surface area contributed by atoms with Crippen LogP contribution in [0.25, 0.3) is 0 Å². The lowest BCUT2D eigenvalue weighted by Crippen LogP contribution is -2.33. The number of hydrogen-bond acceptors (Lipinski definition) is 6. The van der Waals surface area contributed by atoms with Crippen molar-refractivity contribution in [2.45, 2.75) is 19.4 Å². The van der Waals surface area contributed by atoms with Crippen LogP contribution >= 0.6 is 7.82 Å². The summed E-state index contributed by atoms with van der Waals surface area (Å²) < 4.78 is 26.4. The Morgan fingerprint density at radius 2 is 2.13 bits per heavy atom. The van der Waals surface area contributed by atoms with Crippen molar-refractivity contribution in [1.82, 2.24) is 5.32 Å². The van der Waals surface area contributed by atoms with Crippen molar-refractivity contribution in [3.05, 3.63) is 0 Å². The van der Waals surface area contributed by atoms with Crippen LogP contribution in [0.2, 0.25) is 0 Å². The summed E-state index contributed by atoms with van der Waals surface area (Å²) in [7, 11) is -0.505. The van der Waals surface area contributed by atoms with E-state index in [1.807, 2.05) is 6.92 Å². The number of hydrogen-bond donors (Lipinski definition) is 2. The van der Waals surface area contributed by atoms with Gasteiger partial charge in [-0.3, -0.25) is 13.6 Å².